The van der Waals surface area contributed by atoms with E-state index in [0.717, 1.165) is 50.0 Å². The number of carbonyl (C=O) groups is 1. The Kier molecular flexibility index (Phi) is 11.0. The van der Waals surface area contributed by atoms with Crippen molar-refractivity contribution in [2.45, 2.75) is 110 Å². The number of carbonyl (C=O) groups excluding carboxylic acids is 1. The van der Waals surface area contributed by atoms with Gasteiger partial charge in [0.15, 0.2) is 5.82 Å². The van der Waals surface area contributed by atoms with Gasteiger partial charge in [0.05, 0.1) is 5.56 Å². The lowest BCUT2D eigenvalue weighted by molar-refractivity contribution is 0.0156. The molecule has 1 aliphatic carbocycles. The van der Waals surface area contributed by atoms with Gasteiger partial charge in [0.1, 0.15) is 11.9 Å². The Morgan fingerprint density at radius 1 is 0.941 bits per heavy atom. The minimum atomic E-state index is -0.584. The van der Waals surface area contributed by atoms with Gasteiger partial charge in [-0.2, -0.15) is 0 Å². The van der Waals surface area contributed by atoms with E-state index >= 15 is 0 Å². The van der Waals surface area contributed by atoms with E-state index in [1.807, 2.05) is 12.4 Å². The number of hydrogen-bond acceptors (Lipinski definition) is 4. The second-order valence-corrected chi connectivity index (χ2v) is 9.82. The lowest BCUT2D eigenvalue weighted by Crippen LogP contribution is -2.25. The van der Waals surface area contributed by atoms with Crippen molar-refractivity contribution in [2.24, 2.45) is 5.92 Å². The van der Waals surface area contributed by atoms with Crippen LogP contribution in [0.2, 0.25) is 0 Å². The molecule has 0 saturated heterocycles. The van der Waals surface area contributed by atoms with Crippen LogP contribution in [0.3, 0.4) is 0 Å². The largest absolute Gasteiger partial charge is 0.459 e. The summed E-state index contributed by atoms with van der Waals surface area (Å²) in [6.07, 6.45) is 19.7. The molecule has 0 bridgehead atoms. The lowest BCUT2D eigenvalue weighted by atomic mass is 9.84. The molecule has 1 heterocycles. The smallest absolute Gasteiger partial charge is 0.341 e. The Bertz CT molecular complexity index is 876. The number of benzene rings is 1. The van der Waals surface area contributed by atoms with E-state index in [2.05, 4.69) is 23.8 Å². The maximum Gasteiger partial charge on any atom is 0.341 e. The molecule has 1 saturated carbocycles. The highest BCUT2D eigenvalue weighted by Gasteiger charge is 2.25. The molecular formula is C29H41FN2O2. The number of unbranched alkanes of at least 4 members (excludes halogenated alkanes) is 6. The first-order valence-corrected chi connectivity index (χ1v) is 13.4. The highest BCUT2D eigenvalue weighted by Crippen LogP contribution is 2.31. The third-order valence-corrected chi connectivity index (χ3v) is 7.00. The zero-order valence-corrected chi connectivity index (χ0v) is 21.0. The van der Waals surface area contributed by atoms with Crippen molar-refractivity contribution in [1.82, 2.24) is 9.97 Å². The highest BCUT2D eigenvalue weighted by atomic mass is 19.1. The maximum absolute atomic E-state index is 14.8. The van der Waals surface area contributed by atoms with Crippen LogP contribution in [0.4, 0.5) is 4.39 Å². The van der Waals surface area contributed by atoms with Crippen LogP contribution in [0.1, 0.15) is 113 Å². The summed E-state index contributed by atoms with van der Waals surface area (Å²) in [6, 6.07) is 4.53. The molecule has 3 rings (SSSR count). The Hall–Kier alpha value is -2.30. The molecule has 4 nitrogen and oxygen atoms in total. The van der Waals surface area contributed by atoms with Gasteiger partial charge in [-0.3, -0.25) is 0 Å². The molecule has 5 heteroatoms. The first-order valence-electron chi connectivity index (χ1n) is 13.4. The van der Waals surface area contributed by atoms with Crippen LogP contribution in [-0.4, -0.2) is 22.0 Å². The first-order chi connectivity index (χ1) is 16.6. The van der Waals surface area contributed by atoms with Crippen molar-refractivity contribution in [3.05, 3.63) is 47.5 Å². The van der Waals surface area contributed by atoms with E-state index in [1.165, 1.54) is 63.5 Å². The molecule has 0 unspecified atom stereocenters. The van der Waals surface area contributed by atoms with Gasteiger partial charge in [-0.1, -0.05) is 71.3 Å². The molecule has 0 N–H and O–H groups in total. The van der Waals surface area contributed by atoms with Gasteiger partial charge < -0.3 is 4.74 Å². The molecule has 0 atom stereocenters. The number of aryl methyl sites for hydroxylation is 1. The van der Waals surface area contributed by atoms with Crippen molar-refractivity contribution < 1.29 is 13.9 Å². The standard InChI is InChI=1S/C29H41FN2O2/c1-3-5-7-8-10-12-23-20-31-28(32-21-23)24-15-18-26(27(30)19-24)29(33)34-25-16-13-22(14-17-25)11-9-6-4-2/h15,18-22,25H,3-14,16-17H2,1-2H3/t22-,25-. The van der Waals surface area contributed by atoms with E-state index < -0.39 is 11.8 Å². The molecular weight excluding hydrogens is 427 g/mol. The molecule has 1 fully saturated rings. The zero-order chi connectivity index (χ0) is 24.2. The Morgan fingerprint density at radius 2 is 1.62 bits per heavy atom. The van der Waals surface area contributed by atoms with Gasteiger partial charge in [-0.25, -0.2) is 19.2 Å². The van der Waals surface area contributed by atoms with Crippen LogP contribution in [0, 0.1) is 11.7 Å². The van der Waals surface area contributed by atoms with Crippen molar-refractivity contribution in [3.8, 4) is 11.4 Å². The summed E-state index contributed by atoms with van der Waals surface area (Å²) >= 11 is 0. The predicted molar refractivity (Wildman–Crippen MR) is 135 cm³/mol. The maximum atomic E-state index is 14.8. The average Bonchev–Trinajstić information content (AvgIpc) is 2.85. The molecule has 0 spiro atoms. The molecule has 186 valence electrons. The Labute approximate surface area is 204 Å². The van der Waals surface area contributed by atoms with Crippen LogP contribution in [0.15, 0.2) is 30.6 Å². The summed E-state index contributed by atoms with van der Waals surface area (Å²) in [5, 5.41) is 0. The monoisotopic (exact) mass is 468 g/mol. The van der Waals surface area contributed by atoms with Crippen molar-refractivity contribution >= 4 is 5.97 Å². The second-order valence-electron chi connectivity index (χ2n) is 9.82. The van der Waals surface area contributed by atoms with Crippen LogP contribution >= 0.6 is 0 Å². The molecule has 0 radical (unpaired) electrons. The summed E-state index contributed by atoms with van der Waals surface area (Å²) < 4.78 is 20.4. The lowest BCUT2D eigenvalue weighted by Gasteiger charge is -2.28. The number of nitrogens with zero attached hydrogens (tertiary/aromatic N) is 2. The normalized spacial score (nSPS) is 18.1. The van der Waals surface area contributed by atoms with Gasteiger partial charge in [0.2, 0.25) is 0 Å². The summed E-state index contributed by atoms with van der Waals surface area (Å²) in [4.78, 5) is 21.4. The average molecular weight is 469 g/mol. The molecule has 1 aliphatic rings. The number of ether oxygens (including phenoxy) is 1. The van der Waals surface area contributed by atoms with Crippen LogP contribution in [-0.2, 0) is 11.2 Å². The Morgan fingerprint density at radius 3 is 2.29 bits per heavy atom. The fourth-order valence-corrected chi connectivity index (χ4v) is 4.82. The number of esters is 1. The number of halogens is 1. The molecule has 2 aromatic rings. The first kappa shape index (κ1) is 26.3. The number of rotatable bonds is 13. The van der Waals surface area contributed by atoms with Crippen LogP contribution in [0.5, 0.6) is 0 Å². The zero-order valence-electron chi connectivity index (χ0n) is 21.0. The third kappa shape index (κ3) is 8.18. The quantitative estimate of drug-likeness (QED) is 0.220. The highest BCUT2D eigenvalue weighted by molar-refractivity contribution is 5.90. The minimum Gasteiger partial charge on any atom is -0.459 e. The second kappa shape index (κ2) is 14.2. The van der Waals surface area contributed by atoms with Crippen molar-refractivity contribution in [2.75, 3.05) is 0 Å². The topological polar surface area (TPSA) is 52.1 Å². The van der Waals surface area contributed by atoms with Crippen molar-refractivity contribution in [1.29, 1.82) is 0 Å². The van der Waals surface area contributed by atoms with Crippen LogP contribution < -0.4 is 0 Å². The van der Waals surface area contributed by atoms with Gasteiger partial charge >= 0.3 is 5.97 Å². The van der Waals surface area contributed by atoms with E-state index in [-0.39, 0.29) is 11.7 Å². The van der Waals surface area contributed by atoms with E-state index in [9.17, 15) is 9.18 Å². The minimum absolute atomic E-state index is 0.0162. The van der Waals surface area contributed by atoms with Crippen LogP contribution in [0.25, 0.3) is 11.4 Å². The van der Waals surface area contributed by atoms with E-state index in [4.69, 9.17) is 4.74 Å². The summed E-state index contributed by atoms with van der Waals surface area (Å²) in [6.45, 7) is 4.44. The summed E-state index contributed by atoms with van der Waals surface area (Å²) in [5.41, 5.74) is 1.65. The molecule has 1 aromatic carbocycles. The SMILES string of the molecule is CCCCCCCc1cnc(-c2ccc(C(=O)O[C@H]3CC[C@H](CCCCC)CC3)c(F)c2)nc1. The molecule has 1 aromatic heterocycles. The van der Waals surface area contributed by atoms with Crippen molar-refractivity contribution in [3.63, 3.8) is 0 Å². The summed E-state index contributed by atoms with van der Waals surface area (Å²) in [5.74, 6) is 0.0529. The fraction of sp³-hybridized carbons (Fsp3) is 0.621. The summed E-state index contributed by atoms with van der Waals surface area (Å²) in [7, 11) is 0. The molecule has 0 amide bonds. The van der Waals surface area contributed by atoms with Gasteiger partial charge in [0, 0.05) is 18.0 Å². The number of hydrogen-bond donors (Lipinski definition) is 0. The van der Waals surface area contributed by atoms with E-state index in [0.29, 0.717) is 11.4 Å². The molecule has 0 aliphatic heterocycles. The molecule has 34 heavy (non-hydrogen) atoms. The fourth-order valence-electron chi connectivity index (χ4n) is 4.82. The van der Waals surface area contributed by atoms with E-state index in [1.54, 1.807) is 6.07 Å². The number of aromatic nitrogens is 2. The third-order valence-electron chi connectivity index (χ3n) is 7.00. The van der Waals surface area contributed by atoms with Gasteiger partial charge in [-0.05, 0) is 62.1 Å². The van der Waals surface area contributed by atoms with Gasteiger partial charge in [-0.15, -0.1) is 0 Å². The Balaban J connectivity index is 1.49. The van der Waals surface area contributed by atoms with Gasteiger partial charge in [0.25, 0.3) is 0 Å². The predicted octanol–water partition coefficient (Wildman–Crippen LogP) is 8.09.